The van der Waals surface area contributed by atoms with Crippen LogP contribution in [-0.2, 0) is 11.2 Å². The Labute approximate surface area is 131 Å². The number of H-pyrrole nitrogens is 1. The summed E-state index contributed by atoms with van der Waals surface area (Å²) in [6.07, 6.45) is 3.42. The molecule has 1 amide bonds. The minimum Gasteiger partial charge on any atom is -0.342 e. The molecule has 1 aliphatic heterocycles. The lowest BCUT2D eigenvalue weighted by atomic mass is 10.2. The Kier molecular flexibility index (Phi) is 4.43. The number of hydrogen-bond acceptors (Lipinski definition) is 3. The van der Waals surface area contributed by atoms with Gasteiger partial charge in [0.25, 0.3) is 0 Å². The third-order valence-electron chi connectivity index (χ3n) is 4.48. The maximum absolute atomic E-state index is 12.4. The number of imidazole rings is 1. The number of nitrogens with one attached hydrogen (secondary N) is 2. The molecule has 5 nitrogen and oxygen atoms in total. The first kappa shape index (κ1) is 15.0. The van der Waals surface area contributed by atoms with Crippen LogP contribution in [0.2, 0.25) is 0 Å². The fourth-order valence-corrected chi connectivity index (χ4v) is 3.33. The lowest BCUT2D eigenvalue weighted by molar-refractivity contribution is -0.131. The summed E-state index contributed by atoms with van der Waals surface area (Å²) in [5.41, 5.74) is 3.23. The Balaban J connectivity index is 1.63. The van der Waals surface area contributed by atoms with Crippen molar-refractivity contribution in [2.24, 2.45) is 0 Å². The predicted molar refractivity (Wildman–Crippen MR) is 87.8 cm³/mol. The third-order valence-corrected chi connectivity index (χ3v) is 4.48. The maximum atomic E-state index is 12.4. The molecule has 5 heteroatoms. The minimum atomic E-state index is 0.245. The van der Waals surface area contributed by atoms with Gasteiger partial charge in [0.2, 0.25) is 5.91 Å². The van der Waals surface area contributed by atoms with Crippen molar-refractivity contribution in [2.75, 3.05) is 20.1 Å². The number of rotatable bonds is 5. The van der Waals surface area contributed by atoms with Gasteiger partial charge in [0, 0.05) is 32.0 Å². The predicted octanol–water partition coefficient (Wildman–Crippen LogP) is 2.01. The smallest absolute Gasteiger partial charge is 0.223 e. The van der Waals surface area contributed by atoms with Crippen LogP contribution in [0.25, 0.3) is 11.0 Å². The van der Waals surface area contributed by atoms with E-state index in [0.717, 1.165) is 42.8 Å². The quantitative estimate of drug-likeness (QED) is 0.888. The number of aryl methyl sites for hydroxylation is 2. The van der Waals surface area contributed by atoms with Gasteiger partial charge in [-0.25, -0.2) is 4.98 Å². The van der Waals surface area contributed by atoms with Crippen molar-refractivity contribution in [2.45, 2.75) is 38.6 Å². The summed E-state index contributed by atoms with van der Waals surface area (Å²) in [6.45, 7) is 3.84. The molecule has 2 N–H and O–H groups in total. The Hall–Kier alpha value is -1.88. The van der Waals surface area contributed by atoms with Gasteiger partial charge in [0.05, 0.1) is 11.0 Å². The normalized spacial score (nSPS) is 18.3. The number of aromatic amines is 1. The van der Waals surface area contributed by atoms with Gasteiger partial charge < -0.3 is 15.2 Å². The zero-order valence-electron chi connectivity index (χ0n) is 13.4. The first-order valence-electron chi connectivity index (χ1n) is 8.07. The van der Waals surface area contributed by atoms with Crippen LogP contribution in [0, 0.1) is 6.92 Å². The highest BCUT2D eigenvalue weighted by Crippen LogP contribution is 2.19. The number of carbonyl (C=O) groups excluding carboxylic acids is 1. The van der Waals surface area contributed by atoms with Crippen molar-refractivity contribution in [3.8, 4) is 0 Å². The molecule has 0 radical (unpaired) electrons. The molecule has 3 rings (SSSR count). The number of amides is 1. The summed E-state index contributed by atoms with van der Waals surface area (Å²) in [5, 5.41) is 3.18. The molecule has 1 aromatic carbocycles. The summed E-state index contributed by atoms with van der Waals surface area (Å²) in [4.78, 5) is 22.4. The molecule has 1 fully saturated rings. The maximum Gasteiger partial charge on any atom is 0.223 e. The molecule has 0 saturated carbocycles. The summed E-state index contributed by atoms with van der Waals surface area (Å²) >= 11 is 0. The fourth-order valence-electron chi connectivity index (χ4n) is 3.33. The van der Waals surface area contributed by atoms with Crippen LogP contribution < -0.4 is 5.32 Å². The second kappa shape index (κ2) is 6.48. The summed E-state index contributed by atoms with van der Waals surface area (Å²) in [7, 11) is 1.94. The number of nitrogens with zero attached hydrogens (tertiary/aromatic N) is 2. The van der Waals surface area contributed by atoms with E-state index in [1.165, 1.54) is 5.56 Å². The van der Waals surface area contributed by atoms with Gasteiger partial charge in [-0.2, -0.15) is 0 Å². The Bertz CT molecular complexity index is 664. The highest BCUT2D eigenvalue weighted by atomic mass is 16.2. The van der Waals surface area contributed by atoms with E-state index in [-0.39, 0.29) is 5.91 Å². The van der Waals surface area contributed by atoms with Crippen LogP contribution in [-0.4, -0.2) is 47.0 Å². The van der Waals surface area contributed by atoms with E-state index in [1.54, 1.807) is 0 Å². The first-order chi connectivity index (χ1) is 10.7. The highest BCUT2D eigenvalue weighted by molar-refractivity contribution is 5.79. The lowest BCUT2D eigenvalue weighted by Crippen LogP contribution is -2.40. The second-order valence-electron chi connectivity index (χ2n) is 6.10. The molecule has 2 aromatic rings. The van der Waals surface area contributed by atoms with Crippen molar-refractivity contribution in [1.82, 2.24) is 20.2 Å². The molecule has 118 valence electrons. The highest BCUT2D eigenvalue weighted by Gasteiger charge is 2.27. The van der Waals surface area contributed by atoms with E-state index >= 15 is 0 Å². The third kappa shape index (κ3) is 2.99. The van der Waals surface area contributed by atoms with Crippen LogP contribution in [0.1, 0.15) is 30.7 Å². The lowest BCUT2D eigenvalue weighted by Gasteiger charge is -2.24. The number of fused-ring (bicyclic) bond motifs is 1. The summed E-state index contributed by atoms with van der Waals surface area (Å²) in [5.74, 6) is 1.15. The monoisotopic (exact) mass is 300 g/mol. The van der Waals surface area contributed by atoms with Gasteiger partial charge in [0.15, 0.2) is 0 Å². The fraction of sp³-hybridized carbons (Fsp3) is 0.529. The van der Waals surface area contributed by atoms with Gasteiger partial charge in [-0.05, 0) is 38.4 Å². The second-order valence-corrected chi connectivity index (χ2v) is 6.10. The van der Waals surface area contributed by atoms with Crippen molar-refractivity contribution < 1.29 is 4.79 Å². The first-order valence-corrected chi connectivity index (χ1v) is 8.07. The molecular weight excluding hydrogens is 276 g/mol. The molecule has 1 atom stereocenters. The molecule has 0 bridgehead atoms. The average Bonchev–Trinajstić information content (AvgIpc) is 3.12. The largest absolute Gasteiger partial charge is 0.342 e. The van der Waals surface area contributed by atoms with Crippen LogP contribution in [0.3, 0.4) is 0 Å². The average molecular weight is 300 g/mol. The zero-order chi connectivity index (χ0) is 15.5. The van der Waals surface area contributed by atoms with E-state index in [1.807, 2.05) is 24.1 Å². The standard InChI is InChI=1S/C17H24N4O/c1-12-5-3-7-14-17(12)20-15(19-14)8-9-16(22)21-10-4-6-13(21)11-18-2/h3,5,7,13,18H,4,6,8-11H2,1-2H3,(H,19,20). The van der Waals surface area contributed by atoms with Gasteiger partial charge >= 0.3 is 0 Å². The topological polar surface area (TPSA) is 61.0 Å². The van der Waals surface area contributed by atoms with E-state index in [4.69, 9.17) is 0 Å². The van der Waals surface area contributed by atoms with Crippen molar-refractivity contribution >= 4 is 16.9 Å². The number of aromatic nitrogens is 2. The SMILES string of the molecule is CNCC1CCCN1C(=O)CCc1nc2c(C)cccc2[nH]1. The van der Waals surface area contributed by atoms with Crippen molar-refractivity contribution in [3.63, 3.8) is 0 Å². The molecule has 2 heterocycles. The van der Waals surface area contributed by atoms with E-state index in [0.29, 0.717) is 18.9 Å². The van der Waals surface area contributed by atoms with Gasteiger partial charge in [-0.3, -0.25) is 4.79 Å². The van der Waals surface area contributed by atoms with Crippen molar-refractivity contribution in [3.05, 3.63) is 29.6 Å². The van der Waals surface area contributed by atoms with Crippen LogP contribution in [0.4, 0.5) is 0 Å². The molecule has 1 unspecified atom stereocenters. The zero-order valence-corrected chi connectivity index (χ0v) is 13.4. The molecule has 22 heavy (non-hydrogen) atoms. The minimum absolute atomic E-state index is 0.245. The Morgan fingerprint density at radius 1 is 1.50 bits per heavy atom. The van der Waals surface area contributed by atoms with Crippen LogP contribution in [0.5, 0.6) is 0 Å². The van der Waals surface area contributed by atoms with E-state index in [9.17, 15) is 4.79 Å². The van der Waals surface area contributed by atoms with E-state index in [2.05, 4.69) is 28.3 Å². The van der Waals surface area contributed by atoms with Gasteiger partial charge in [0.1, 0.15) is 5.82 Å². The number of hydrogen-bond donors (Lipinski definition) is 2. The Morgan fingerprint density at radius 3 is 3.14 bits per heavy atom. The molecule has 1 aliphatic rings. The van der Waals surface area contributed by atoms with Crippen LogP contribution in [0.15, 0.2) is 18.2 Å². The molecule has 0 spiro atoms. The number of likely N-dealkylation sites (N-methyl/N-ethyl adjacent to an activating group) is 1. The van der Waals surface area contributed by atoms with E-state index < -0.39 is 0 Å². The number of benzene rings is 1. The number of para-hydroxylation sites is 1. The summed E-state index contributed by atoms with van der Waals surface area (Å²) in [6, 6.07) is 6.47. The number of carbonyl (C=O) groups is 1. The molecular formula is C17H24N4O. The molecule has 1 saturated heterocycles. The van der Waals surface area contributed by atoms with Crippen molar-refractivity contribution in [1.29, 1.82) is 0 Å². The summed E-state index contributed by atoms with van der Waals surface area (Å²) < 4.78 is 0. The Morgan fingerprint density at radius 2 is 2.36 bits per heavy atom. The van der Waals surface area contributed by atoms with Crippen LogP contribution >= 0.6 is 0 Å². The molecule has 1 aromatic heterocycles. The van der Waals surface area contributed by atoms with Gasteiger partial charge in [-0.15, -0.1) is 0 Å². The molecule has 0 aliphatic carbocycles. The number of likely N-dealkylation sites (tertiary alicyclic amines) is 1. The van der Waals surface area contributed by atoms with Gasteiger partial charge in [-0.1, -0.05) is 12.1 Å².